The van der Waals surface area contributed by atoms with Crippen LogP contribution in [0.1, 0.15) is 30.7 Å². The average Bonchev–Trinajstić information content (AvgIpc) is 2.08. The van der Waals surface area contributed by atoms with Crippen molar-refractivity contribution in [3.63, 3.8) is 0 Å². The van der Waals surface area contributed by atoms with Gasteiger partial charge in [0.2, 0.25) is 0 Å². The maximum atomic E-state index is 5.84. The van der Waals surface area contributed by atoms with Crippen molar-refractivity contribution in [2.75, 3.05) is 17.7 Å². The first-order valence-corrected chi connectivity index (χ1v) is 5.43. The fourth-order valence-corrected chi connectivity index (χ4v) is 1.93. The van der Waals surface area contributed by atoms with Crippen molar-refractivity contribution >= 4 is 11.6 Å². The van der Waals surface area contributed by atoms with Crippen LogP contribution in [0.4, 0.5) is 11.6 Å². The van der Waals surface area contributed by atoms with Gasteiger partial charge in [0.15, 0.2) is 0 Å². The molecule has 0 radical (unpaired) electrons. The van der Waals surface area contributed by atoms with Gasteiger partial charge in [-0.05, 0) is 33.1 Å². The quantitative estimate of drug-likeness (QED) is 0.799. The molecule has 4 nitrogen and oxygen atoms in total. The van der Waals surface area contributed by atoms with Crippen LogP contribution in [0.25, 0.3) is 0 Å². The molecule has 1 heterocycles. The summed E-state index contributed by atoms with van der Waals surface area (Å²) in [6, 6.07) is 0.636. The lowest BCUT2D eigenvalue weighted by Crippen LogP contribution is -2.38. The van der Waals surface area contributed by atoms with Crippen LogP contribution in [0.15, 0.2) is 0 Å². The SMILES string of the molecule is Cc1nc(N)c(C)c(N(C)C2CCC2)n1. The summed E-state index contributed by atoms with van der Waals surface area (Å²) in [6.45, 7) is 3.87. The molecule has 0 bridgehead atoms. The van der Waals surface area contributed by atoms with Crippen LogP contribution in [-0.2, 0) is 0 Å². The monoisotopic (exact) mass is 206 g/mol. The summed E-state index contributed by atoms with van der Waals surface area (Å²) in [5, 5.41) is 0. The lowest BCUT2D eigenvalue weighted by Gasteiger charge is -2.36. The Morgan fingerprint density at radius 3 is 2.47 bits per heavy atom. The second kappa shape index (κ2) is 3.68. The number of nitrogens with zero attached hydrogens (tertiary/aromatic N) is 3. The molecule has 1 aliphatic carbocycles. The number of nitrogens with two attached hydrogens (primary N) is 1. The first kappa shape index (κ1) is 10.2. The van der Waals surface area contributed by atoms with Crippen LogP contribution >= 0.6 is 0 Å². The fraction of sp³-hybridized carbons (Fsp3) is 0.636. The summed E-state index contributed by atoms with van der Waals surface area (Å²) in [5.41, 5.74) is 6.84. The molecule has 1 aromatic rings. The first-order valence-electron chi connectivity index (χ1n) is 5.43. The minimum atomic E-state index is 0.601. The zero-order valence-electron chi connectivity index (χ0n) is 9.62. The number of aromatic nitrogens is 2. The van der Waals surface area contributed by atoms with Gasteiger partial charge in [-0.15, -0.1) is 0 Å². The van der Waals surface area contributed by atoms with E-state index in [4.69, 9.17) is 5.73 Å². The fourth-order valence-electron chi connectivity index (χ4n) is 1.93. The summed E-state index contributed by atoms with van der Waals surface area (Å²) in [5.74, 6) is 2.34. The van der Waals surface area contributed by atoms with Crippen LogP contribution in [0.5, 0.6) is 0 Å². The van der Waals surface area contributed by atoms with Gasteiger partial charge in [0.05, 0.1) is 0 Å². The van der Waals surface area contributed by atoms with Crippen LogP contribution in [0.2, 0.25) is 0 Å². The first-order chi connectivity index (χ1) is 7.09. The van der Waals surface area contributed by atoms with Crippen molar-refractivity contribution in [2.45, 2.75) is 39.2 Å². The molecule has 82 valence electrons. The van der Waals surface area contributed by atoms with E-state index in [1.807, 2.05) is 13.8 Å². The number of aryl methyl sites for hydroxylation is 1. The number of anilines is 2. The number of hydrogen-bond donors (Lipinski definition) is 1. The molecule has 1 saturated carbocycles. The Kier molecular flexibility index (Phi) is 2.50. The predicted molar refractivity (Wildman–Crippen MR) is 62.0 cm³/mol. The largest absolute Gasteiger partial charge is 0.383 e. The van der Waals surface area contributed by atoms with Gasteiger partial charge in [-0.2, -0.15) is 0 Å². The van der Waals surface area contributed by atoms with E-state index in [0.29, 0.717) is 11.9 Å². The third kappa shape index (κ3) is 1.76. The van der Waals surface area contributed by atoms with Crippen LogP contribution < -0.4 is 10.6 Å². The molecule has 2 N–H and O–H groups in total. The maximum absolute atomic E-state index is 5.84. The highest BCUT2D eigenvalue weighted by Crippen LogP contribution is 2.30. The number of rotatable bonds is 2. The van der Waals surface area contributed by atoms with Gasteiger partial charge in [-0.3, -0.25) is 0 Å². The van der Waals surface area contributed by atoms with Gasteiger partial charge >= 0.3 is 0 Å². The zero-order chi connectivity index (χ0) is 11.0. The Bertz CT molecular complexity index is 371. The van der Waals surface area contributed by atoms with Gasteiger partial charge in [0.1, 0.15) is 17.5 Å². The van der Waals surface area contributed by atoms with Gasteiger partial charge in [0.25, 0.3) is 0 Å². The Hall–Kier alpha value is -1.32. The lowest BCUT2D eigenvalue weighted by atomic mass is 9.92. The normalized spacial score (nSPS) is 16.2. The maximum Gasteiger partial charge on any atom is 0.137 e. The molecule has 0 amide bonds. The molecule has 1 aliphatic rings. The molecule has 0 saturated heterocycles. The molecular weight excluding hydrogens is 188 g/mol. The van der Waals surface area contributed by atoms with Crippen molar-refractivity contribution in [1.29, 1.82) is 0 Å². The molecule has 1 fully saturated rings. The van der Waals surface area contributed by atoms with E-state index in [1.54, 1.807) is 0 Å². The van der Waals surface area contributed by atoms with E-state index in [-0.39, 0.29) is 0 Å². The van der Waals surface area contributed by atoms with Gasteiger partial charge in [-0.1, -0.05) is 0 Å². The highest BCUT2D eigenvalue weighted by molar-refractivity contribution is 5.56. The summed E-state index contributed by atoms with van der Waals surface area (Å²) in [4.78, 5) is 10.9. The summed E-state index contributed by atoms with van der Waals surface area (Å²) in [7, 11) is 2.10. The minimum Gasteiger partial charge on any atom is -0.383 e. The van der Waals surface area contributed by atoms with Crippen molar-refractivity contribution < 1.29 is 0 Å². The molecule has 0 spiro atoms. The second-order valence-electron chi connectivity index (χ2n) is 4.30. The Morgan fingerprint density at radius 1 is 1.27 bits per heavy atom. The minimum absolute atomic E-state index is 0.601. The van der Waals surface area contributed by atoms with E-state index >= 15 is 0 Å². The van der Waals surface area contributed by atoms with E-state index in [9.17, 15) is 0 Å². The zero-order valence-corrected chi connectivity index (χ0v) is 9.62. The summed E-state index contributed by atoms with van der Waals surface area (Å²) >= 11 is 0. The van der Waals surface area contributed by atoms with Crippen LogP contribution in [-0.4, -0.2) is 23.1 Å². The molecule has 15 heavy (non-hydrogen) atoms. The van der Waals surface area contributed by atoms with E-state index in [1.165, 1.54) is 19.3 Å². The molecular formula is C11H18N4. The Labute approximate surface area is 90.5 Å². The number of hydrogen-bond acceptors (Lipinski definition) is 4. The van der Waals surface area contributed by atoms with E-state index < -0.39 is 0 Å². The molecule has 4 heteroatoms. The van der Waals surface area contributed by atoms with E-state index in [0.717, 1.165) is 17.2 Å². The van der Waals surface area contributed by atoms with E-state index in [2.05, 4.69) is 21.9 Å². The molecule has 0 unspecified atom stereocenters. The third-order valence-electron chi connectivity index (χ3n) is 3.23. The molecule has 0 aromatic carbocycles. The summed E-state index contributed by atoms with van der Waals surface area (Å²) in [6.07, 6.45) is 3.85. The van der Waals surface area contributed by atoms with Crippen molar-refractivity contribution in [2.24, 2.45) is 0 Å². The van der Waals surface area contributed by atoms with Gasteiger partial charge < -0.3 is 10.6 Å². The second-order valence-corrected chi connectivity index (χ2v) is 4.30. The smallest absolute Gasteiger partial charge is 0.137 e. The summed E-state index contributed by atoms with van der Waals surface area (Å²) < 4.78 is 0. The predicted octanol–water partition coefficient (Wildman–Crippen LogP) is 1.66. The van der Waals surface area contributed by atoms with Crippen LogP contribution in [0, 0.1) is 13.8 Å². The Morgan fingerprint density at radius 2 is 1.93 bits per heavy atom. The average molecular weight is 206 g/mol. The van der Waals surface area contributed by atoms with Crippen molar-refractivity contribution in [1.82, 2.24) is 9.97 Å². The molecule has 1 aromatic heterocycles. The van der Waals surface area contributed by atoms with Gasteiger partial charge in [-0.25, -0.2) is 9.97 Å². The highest BCUT2D eigenvalue weighted by Gasteiger charge is 2.24. The molecule has 0 atom stereocenters. The topological polar surface area (TPSA) is 55.0 Å². The van der Waals surface area contributed by atoms with Gasteiger partial charge in [0, 0.05) is 18.7 Å². The highest BCUT2D eigenvalue weighted by atomic mass is 15.2. The van der Waals surface area contributed by atoms with Crippen molar-refractivity contribution in [3.05, 3.63) is 11.4 Å². The molecule has 0 aliphatic heterocycles. The lowest BCUT2D eigenvalue weighted by molar-refractivity contribution is 0.398. The van der Waals surface area contributed by atoms with Crippen LogP contribution in [0.3, 0.4) is 0 Å². The third-order valence-corrected chi connectivity index (χ3v) is 3.23. The van der Waals surface area contributed by atoms with Crippen molar-refractivity contribution in [3.8, 4) is 0 Å². The Balaban J connectivity index is 2.33. The molecule has 2 rings (SSSR count). The number of nitrogen functional groups attached to an aromatic ring is 1. The standard InChI is InChI=1S/C11H18N4/c1-7-10(12)13-8(2)14-11(7)15(3)9-5-4-6-9/h9H,4-6H2,1-3H3,(H2,12,13,14).